The minimum atomic E-state index is 0.0138. The van der Waals surface area contributed by atoms with Crippen molar-refractivity contribution in [2.75, 3.05) is 53.9 Å². The van der Waals surface area contributed by atoms with Gasteiger partial charge in [-0.25, -0.2) is 4.79 Å². The van der Waals surface area contributed by atoms with Crippen LogP contribution >= 0.6 is 0 Å². The summed E-state index contributed by atoms with van der Waals surface area (Å²) in [7, 11) is 5.73. The molecule has 3 rings (SSSR count). The Hall–Kier alpha value is -2.57. The lowest BCUT2D eigenvalue weighted by atomic mass is 10.1. The number of benzene rings is 2. The van der Waals surface area contributed by atoms with Gasteiger partial charge in [-0.1, -0.05) is 42.0 Å². The van der Waals surface area contributed by atoms with Crippen molar-refractivity contribution in [3.63, 3.8) is 0 Å². The van der Waals surface area contributed by atoms with Crippen LogP contribution in [-0.2, 0) is 6.54 Å². The molecule has 1 aliphatic rings. The number of nitrogens with zero attached hydrogens (tertiary/aromatic N) is 3. The summed E-state index contributed by atoms with van der Waals surface area (Å²) >= 11 is 0. The first-order valence-electron chi connectivity index (χ1n) is 10.6. The Balaban J connectivity index is 1.49. The van der Waals surface area contributed by atoms with Crippen molar-refractivity contribution >= 4 is 6.03 Å². The van der Waals surface area contributed by atoms with Crippen molar-refractivity contribution in [2.45, 2.75) is 19.5 Å². The molecule has 2 amide bonds. The fourth-order valence-electron chi connectivity index (χ4n) is 3.92. The number of carbonyl (C=O) groups excluding carboxylic acids is 1. The molecule has 1 atom stereocenters. The van der Waals surface area contributed by atoms with Gasteiger partial charge in [-0.15, -0.1) is 0 Å². The summed E-state index contributed by atoms with van der Waals surface area (Å²) in [4.78, 5) is 19.2. The van der Waals surface area contributed by atoms with Gasteiger partial charge in [0.2, 0.25) is 0 Å². The number of carbonyl (C=O) groups is 1. The van der Waals surface area contributed by atoms with Crippen molar-refractivity contribution < 1.29 is 9.53 Å². The maximum absolute atomic E-state index is 12.7. The summed E-state index contributed by atoms with van der Waals surface area (Å²) in [6.45, 7) is 6.92. The van der Waals surface area contributed by atoms with E-state index in [9.17, 15) is 4.79 Å². The highest BCUT2D eigenvalue weighted by Gasteiger charge is 2.23. The van der Waals surface area contributed by atoms with Crippen LogP contribution in [0.15, 0.2) is 48.5 Å². The van der Waals surface area contributed by atoms with Crippen LogP contribution in [0.3, 0.4) is 0 Å². The van der Waals surface area contributed by atoms with Gasteiger partial charge < -0.3 is 19.9 Å². The third kappa shape index (κ3) is 5.97. The molecular weight excluding hydrogens is 376 g/mol. The molecule has 30 heavy (non-hydrogen) atoms. The van der Waals surface area contributed by atoms with Gasteiger partial charge in [0.1, 0.15) is 5.75 Å². The van der Waals surface area contributed by atoms with E-state index in [1.807, 2.05) is 37.2 Å². The van der Waals surface area contributed by atoms with Crippen LogP contribution in [0.5, 0.6) is 5.75 Å². The highest BCUT2D eigenvalue weighted by atomic mass is 16.5. The van der Waals surface area contributed by atoms with E-state index >= 15 is 0 Å². The van der Waals surface area contributed by atoms with Gasteiger partial charge in [-0.3, -0.25) is 4.90 Å². The van der Waals surface area contributed by atoms with Crippen LogP contribution in [0.25, 0.3) is 0 Å². The van der Waals surface area contributed by atoms with Gasteiger partial charge in [0, 0.05) is 39.3 Å². The van der Waals surface area contributed by atoms with Crippen molar-refractivity contribution in [1.29, 1.82) is 0 Å². The number of amides is 2. The smallest absolute Gasteiger partial charge is 0.317 e. The number of nitrogens with one attached hydrogen (secondary N) is 1. The number of urea groups is 1. The molecule has 162 valence electrons. The number of rotatable bonds is 7. The van der Waals surface area contributed by atoms with Crippen LogP contribution in [0.1, 0.15) is 22.7 Å². The topological polar surface area (TPSA) is 48.1 Å². The summed E-state index contributed by atoms with van der Waals surface area (Å²) in [6, 6.07) is 16.8. The van der Waals surface area contributed by atoms with Crippen molar-refractivity contribution in [2.24, 2.45) is 0 Å². The second-order valence-corrected chi connectivity index (χ2v) is 8.19. The van der Waals surface area contributed by atoms with Gasteiger partial charge in [0.15, 0.2) is 0 Å². The Kier molecular flexibility index (Phi) is 7.71. The van der Waals surface area contributed by atoms with E-state index in [1.54, 1.807) is 7.11 Å². The zero-order valence-corrected chi connectivity index (χ0v) is 18.6. The molecule has 1 fully saturated rings. The third-order valence-electron chi connectivity index (χ3n) is 5.70. The minimum Gasteiger partial charge on any atom is -0.497 e. The van der Waals surface area contributed by atoms with Gasteiger partial charge in [-0.05, 0) is 44.3 Å². The lowest BCUT2D eigenvalue weighted by Crippen LogP contribution is -2.52. The minimum absolute atomic E-state index is 0.0138. The molecule has 2 aromatic rings. The summed E-state index contributed by atoms with van der Waals surface area (Å²) in [6.07, 6.45) is 0. The second-order valence-electron chi connectivity index (χ2n) is 8.19. The first-order valence-corrected chi connectivity index (χ1v) is 10.6. The molecule has 1 heterocycles. The quantitative estimate of drug-likeness (QED) is 0.762. The van der Waals surface area contributed by atoms with Gasteiger partial charge >= 0.3 is 6.03 Å². The van der Waals surface area contributed by atoms with Crippen LogP contribution in [0, 0.1) is 6.92 Å². The van der Waals surface area contributed by atoms with E-state index in [0.29, 0.717) is 6.54 Å². The standard InChI is InChI=1S/C24H34N4O2/c1-19-7-5-8-20(15-19)18-27-11-13-28(14-12-27)24(29)25-17-23(26(2)3)21-9-6-10-22(16-21)30-4/h5-10,15-16,23H,11-14,17-18H2,1-4H3,(H,25,29). The Morgan fingerprint density at radius 3 is 2.50 bits per heavy atom. The molecule has 0 aliphatic carbocycles. The molecule has 1 saturated heterocycles. The molecule has 1 unspecified atom stereocenters. The molecule has 0 radical (unpaired) electrons. The van der Waals surface area contributed by atoms with E-state index in [-0.39, 0.29) is 12.1 Å². The number of hydrogen-bond donors (Lipinski definition) is 1. The maximum atomic E-state index is 12.7. The molecule has 1 aliphatic heterocycles. The molecule has 1 N–H and O–H groups in total. The predicted octanol–water partition coefficient (Wildman–Crippen LogP) is 3.13. The highest BCUT2D eigenvalue weighted by molar-refractivity contribution is 5.74. The average Bonchev–Trinajstić information content (AvgIpc) is 2.74. The molecule has 0 aromatic heterocycles. The summed E-state index contributed by atoms with van der Waals surface area (Å²) < 4.78 is 5.35. The van der Waals surface area contributed by atoms with E-state index in [0.717, 1.165) is 44.0 Å². The molecule has 0 spiro atoms. The lowest BCUT2D eigenvalue weighted by Gasteiger charge is -2.35. The zero-order valence-electron chi connectivity index (χ0n) is 18.6. The summed E-state index contributed by atoms with van der Waals surface area (Å²) in [5.41, 5.74) is 3.75. The second kappa shape index (κ2) is 10.5. The zero-order chi connectivity index (χ0) is 21.5. The Morgan fingerprint density at radius 1 is 1.10 bits per heavy atom. The predicted molar refractivity (Wildman–Crippen MR) is 121 cm³/mol. The fourth-order valence-corrected chi connectivity index (χ4v) is 3.92. The van der Waals surface area contributed by atoms with Crippen molar-refractivity contribution in [1.82, 2.24) is 20.0 Å². The van der Waals surface area contributed by atoms with Crippen LogP contribution in [-0.4, -0.2) is 74.7 Å². The molecular formula is C24H34N4O2. The SMILES string of the molecule is COc1cccc(C(CNC(=O)N2CCN(Cc3cccc(C)c3)CC2)N(C)C)c1. The molecule has 6 heteroatoms. The largest absolute Gasteiger partial charge is 0.497 e. The van der Waals surface area contributed by atoms with E-state index in [4.69, 9.17) is 4.74 Å². The van der Waals surface area contributed by atoms with Crippen molar-refractivity contribution in [3.05, 3.63) is 65.2 Å². The monoisotopic (exact) mass is 410 g/mol. The summed E-state index contributed by atoms with van der Waals surface area (Å²) in [5, 5.41) is 3.13. The Bertz CT molecular complexity index is 831. The van der Waals surface area contributed by atoms with E-state index < -0.39 is 0 Å². The molecule has 0 bridgehead atoms. The number of aryl methyl sites for hydroxylation is 1. The number of ether oxygens (including phenoxy) is 1. The fraction of sp³-hybridized carbons (Fsp3) is 0.458. The van der Waals surface area contributed by atoms with E-state index in [2.05, 4.69) is 52.4 Å². The highest BCUT2D eigenvalue weighted by Crippen LogP contribution is 2.22. The number of methoxy groups -OCH3 is 1. The van der Waals surface area contributed by atoms with Gasteiger partial charge in [0.25, 0.3) is 0 Å². The van der Waals surface area contributed by atoms with Crippen LogP contribution in [0.2, 0.25) is 0 Å². The first-order chi connectivity index (χ1) is 14.5. The molecule has 6 nitrogen and oxygen atoms in total. The van der Waals surface area contributed by atoms with Gasteiger partial charge in [0.05, 0.1) is 13.2 Å². The van der Waals surface area contributed by atoms with Crippen LogP contribution in [0.4, 0.5) is 4.79 Å². The number of piperazine rings is 1. The maximum Gasteiger partial charge on any atom is 0.317 e. The average molecular weight is 411 g/mol. The Morgan fingerprint density at radius 2 is 1.83 bits per heavy atom. The van der Waals surface area contributed by atoms with Gasteiger partial charge in [-0.2, -0.15) is 0 Å². The Labute approximate surface area is 180 Å². The number of likely N-dealkylation sites (N-methyl/N-ethyl adjacent to an activating group) is 1. The normalized spacial score (nSPS) is 15.8. The summed E-state index contributed by atoms with van der Waals surface area (Å²) in [5.74, 6) is 0.829. The van der Waals surface area contributed by atoms with E-state index in [1.165, 1.54) is 11.1 Å². The third-order valence-corrected chi connectivity index (χ3v) is 5.70. The van der Waals surface area contributed by atoms with Crippen molar-refractivity contribution in [3.8, 4) is 5.75 Å². The van der Waals surface area contributed by atoms with Crippen LogP contribution < -0.4 is 10.1 Å². The first kappa shape index (κ1) is 22.1. The lowest BCUT2D eigenvalue weighted by molar-refractivity contribution is 0.133. The molecule has 2 aromatic carbocycles. The number of hydrogen-bond acceptors (Lipinski definition) is 4. The molecule has 0 saturated carbocycles.